The van der Waals surface area contributed by atoms with Gasteiger partial charge in [0, 0.05) is 24.5 Å². The van der Waals surface area contributed by atoms with Crippen LogP contribution in [-0.4, -0.2) is 39.3 Å². The quantitative estimate of drug-likeness (QED) is 0.846. The minimum atomic E-state index is 0.694. The van der Waals surface area contributed by atoms with Crippen molar-refractivity contribution in [2.75, 3.05) is 19.6 Å². The third-order valence-corrected chi connectivity index (χ3v) is 4.91. The first kappa shape index (κ1) is 15.7. The number of hydrogen-bond donors (Lipinski definition) is 1. The summed E-state index contributed by atoms with van der Waals surface area (Å²) in [6, 6.07) is 7.89. The summed E-state index contributed by atoms with van der Waals surface area (Å²) in [7, 11) is 0. The van der Waals surface area contributed by atoms with Gasteiger partial charge in [-0.3, -0.25) is 5.10 Å². The molecule has 0 radical (unpaired) electrons. The fourth-order valence-corrected chi connectivity index (χ4v) is 3.40. The van der Waals surface area contributed by atoms with Gasteiger partial charge in [-0.15, -0.1) is 0 Å². The van der Waals surface area contributed by atoms with Crippen LogP contribution in [0.4, 0.5) is 0 Å². The molecule has 2 aromatic rings. The molecule has 0 amide bonds. The average Bonchev–Trinajstić information content (AvgIpc) is 2.89. The molecule has 3 rings (SSSR count). The number of H-pyrrole nitrogens is 1. The number of hydrogen-bond acceptors (Lipinski definition) is 3. The Morgan fingerprint density at radius 1 is 1.14 bits per heavy atom. The monoisotopic (exact) mass is 336 g/mol. The van der Waals surface area contributed by atoms with Gasteiger partial charge in [-0.2, -0.15) is 5.10 Å². The van der Waals surface area contributed by atoms with Crippen LogP contribution in [0, 0.1) is 4.77 Å². The van der Waals surface area contributed by atoms with Crippen LogP contribution in [-0.2, 0) is 13.0 Å². The van der Waals surface area contributed by atoms with Crippen molar-refractivity contribution in [3.05, 3.63) is 45.4 Å². The van der Waals surface area contributed by atoms with Crippen LogP contribution >= 0.6 is 23.8 Å². The Morgan fingerprint density at radius 2 is 1.91 bits per heavy atom. The minimum Gasteiger partial charge on any atom is -0.303 e. The number of likely N-dealkylation sites (tertiary alicyclic amines) is 1. The van der Waals surface area contributed by atoms with Crippen molar-refractivity contribution in [2.45, 2.75) is 32.2 Å². The second-order valence-electron chi connectivity index (χ2n) is 5.77. The Balaban J connectivity index is 1.70. The number of nitrogens with one attached hydrogen (secondary N) is 1. The van der Waals surface area contributed by atoms with Gasteiger partial charge >= 0.3 is 0 Å². The molecule has 1 saturated heterocycles. The summed E-state index contributed by atoms with van der Waals surface area (Å²) < 4.78 is 2.80. The minimum absolute atomic E-state index is 0.694. The maximum absolute atomic E-state index is 6.25. The predicted octanol–water partition coefficient (Wildman–Crippen LogP) is 3.67. The molecule has 0 atom stereocenters. The molecule has 0 bridgehead atoms. The van der Waals surface area contributed by atoms with E-state index in [0.717, 1.165) is 29.5 Å². The van der Waals surface area contributed by atoms with E-state index in [-0.39, 0.29) is 0 Å². The van der Waals surface area contributed by atoms with Gasteiger partial charge in [-0.25, -0.2) is 0 Å². The van der Waals surface area contributed by atoms with Crippen LogP contribution < -0.4 is 0 Å². The van der Waals surface area contributed by atoms with Gasteiger partial charge in [0.25, 0.3) is 0 Å². The topological polar surface area (TPSA) is 36.9 Å². The highest BCUT2D eigenvalue weighted by Gasteiger charge is 2.13. The standard InChI is InChI=1S/C16H21ClN4S/c17-14-7-3-2-6-13(14)12-15-18-19-16(22)21(15)11-10-20-8-4-1-5-9-20/h2-3,6-7H,1,4-5,8-12H2,(H,19,22). The smallest absolute Gasteiger partial charge is 0.195 e. The van der Waals surface area contributed by atoms with Crippen molar-refractivity contribution < 1.29 is 0 Å². The largest absolute Gasteiger partial charge is 0.303 e. The number of rotatable bonds is 5. The fraction of sp³-hybridized carbons (Fsp3) is 0.500. The van der Waals surface area contributed by atoms with Gasteiger partial charge in [0.2, 0.25) is 0 Å². The second kappa shape index (κ2) is 7.40. The van der Waals surface area contributed by atoms with Crippen molar-refractivity contribution in [3.8, 4) is 0 Å². The summed E-state index contributed by atoms with van der Waals surface area (Å²) in [5, 5.41) is 8.08. The molecule has 2 heterocycles. The van der Waals surface area contributed by atoms with Crippen LogP contribution in [0.2, 0.25) is 5.02 Å². The molecule has 118 valence electrons. The van der Waals surface area contributed by atoms with Crippen molar-refractivity contribution in [3.63, 3.8) is 0 Å². The zero-order valence-electron chi connectivity index (χ0n) is 12.6. The van der Waals surface area contributed by atoms with E-state index < -0.39 is 0 Å². The van der Waals surface area contributed by atoms with Gasteiger partial charge in [-0.05, 0) is 49.8 Å². The zero-order valence-corrected chi connectivity index (χ0v) is 14.2. The molecule has 0 spiro atoms. The van der Waals surface area contributed by atoms with Crippen LogP contribution in [0.5, 0.6) is 0 Å². The number of benzene rings is 1. The maximum Gasteiger partial charge on any atom is 0.195 e. The highest BCUT2D eigenvalue weighted by Crippen LogP contribution is 2.18. The summed E-state index contributed by atoms with van der Waals surface area (Å²) in [4.78, 5) is 2.51. The molecule has 1 aliphatic heterocycles. The zero-order chi connectivity index (χ0) is 15.4. The lowest BCUT2D eigenvalue weighted by Crippen LogP contribution is -2.32. The summed E-state index contributed by atoms with van der Waals surface area (Å²) in [6.45, 7) is 4.31. The summed E-state index contributed by atoms with van der Waals surface area (Å²) in [6.07, 6.45) is 4.68. The Hall–Kier alpha value is -1.17. The Bertz CT molecular complexity index is 673. The molecular formula is C16H21ClN4S. The lowest BCUT2D eigenvalue weighted by Gasteiger charge is -2.26. The first-order valence-corrected chi connectivity index (χ1v) is 8.62. The highest BCUT2D eigenvalue weighted by molar-refractivity contribution is 7.71. The molecule has 0 aliphatic carbocycles. The molecule has 1 aromatic carbocycles. The maximum atomic E-state index is 6.25. The molecular weight excluding hydrogens is 316 g/mol. The van der Waals surface area contributed by atoms with Crippen LogP contribution in [0.1, 0.15) is 30.7 Å². The van der Waals surface area contributed by atoms with Gasteiger partial charge in [-0.1, -0.05) is 36.2 Å². The van der Waals surface area contributed by atoms with Crippen molar-refractivity contribution in [2.24, 2.45) is 0 Å². The van der Waals surface area contributed by atoms with E-state index in [1.807, 2.05) is 24.3 Å². The van der Waals surface area contributed by atoms with E-state index in [1.165, 1.54) is 32.4 Å². The van der Waals surface area contributed by atoms with Gasteiger partial charge in [0.05, 0.1) is 0 Å². The lowest BCUT2D eigenvalue weighted by atomic mass is 10.1. The third-order valence-electron chi connectivity index (χ3n) is 4.23. The van der Waals surface area contributed by atoms with Gasteiger partial charge in [0.15, 0.2) is 4.77 Å². The summed E-state index contributed by atoms with van der Waals surface area (Å²) in [5.74, 6) is 0.954. The molecule has 4 nitrogen and oxygen atoms in total. The number of halogens is 1. The summed E-state index contributed by atoms with van der Waals surface area (Å²) in [5.41, 5.74) is 1.08. The lowest BCUT2D eigenvalue weighted by molar-refractivity contribution is 0.220. The van der Waals surface area contributed by atoms with Gasteiger partial charge < -0.3 is 9.47 Å². The van der Waals surface area contributed by atoms with E-state index in [2.05, 4.69) is 19.7 Å². The third kappa shape index (κ3) is 3.77. The van der Waals surface area contributed by atoms with Crippen molar-refractivity contribution >= 4 is 23.8 Å². The first-order chi connectivity index (χ1) is 10.7. The van der Waals surface area contributed by atoms with Gasteiger partial charge in [0.1, 0.15) is 5.82 Å². The van der Waals surface area contributed by atoms with Crippen molar-refractivity contribution in [1.82, 2.24) is 19.7 Å². The molecule has 0 saturated carbocycles. The van der Waals surface area contributed by atoms with Crippen molar-refractivity contribution in [1.29, 1.82) is 0 Å². The Morgan fingerprint density at radius 3 is 2.68 bits per heavy atom. The Labute approximate surface area is 141 Å². The molecule has 6 heteroatoms. The van der Waals surface area contributed by atoms with E-state index in [9.17, 15) is 0 Å². The number of piperidine rings is 1. The summed E-state index contributed by atoms with van der Waals surface area (Å²) >= 11 is 11.6. The van der Waals surface area contributed by atoms with Crippen LogP contribution in [0.25, 0.3) is 0 Å². The van der Waals surface area contributed by atoms with E-state index in [1.54, 1.807) is 0 Å². The number of aromatic amines is 1. The average molecular weight is 337 g/mol. The van der Waals surface area contributed by atoms with E-state index >= 15 is 0 Å². The first-order valence-electron chi connectivity index (χ1n) is 7.84. The molecule has 22 heavy (non-hydrogen) atoms. The van der Waals surface area contributed by atoms with E-state index in [0.29, 0.717) is 11.2 Å². The molecule has 1 aliphatic rings. The normalized spacial score (nSPS) is 16.0. The fourth-order valence-electron chi connectivity index (χ4n) is 2.95. The molecule has 1 aromatic heterocycles. The van der Waals surface area contributed by atoms with Crippen LogP contribution in [0.15, 0.2) is 24.3 Å². The van der Waals surface area contributed by atoms with E-state index in [4.69, 9.17) is 23.8 Å². The Kier molecular flexibility index (Phi) is 5.28. The number of aromatic nitrogens is 3. The molecule has 1 N–H and O–H groups in total. The highest BCUT2D eigenvalue weighted by atomic mass is 35.5. The predicted molar refractivity (Wildman–Crippen MR) is 92.0 cm³/mol. The van der Waals surface area contributed by atoms with Crippen LogP contribution in [0.3, 0.4) is 0 Å². The SMILES string of the molecule is S=c1[nH]nc(Cc2ccccc2Cl)n1CCN1CCCCC1. The molecule has 0 unspecified atom stereocenters. The number of nitrogens with zero attached hydrogens (tertiary/aromatic N) is 3. The molecule has 1 fully saturated rings. The second-order valence-corrected chi connectivity index (χ2v) is 6.56.